The zero-order valence-electron chi connectivity index (χ0n) is 18.6. The number of likely N-dealkylation sites (N-methyl/N-ethyl adjacent to an activating group) is 1. The van der Waals surface area contributed by atoms with Crippen molar-refractivity contribution < 1.29 is 23.4 Å². The van der Waals surface area contributed by atoms with E-state index in [0.717, 1.165) is 59.8 Å². The third kappa shape index (κ3) is 4.15. The van der Waals surface area contributed by atoms with Crippen LogP contribution in [-0.2, 0) is 12.8 Å². The maximum Gasteiger partial charge on any atom is 0.161 e. The Morgan fingerprint density at radius 3 is 2.10 bits per heavy atom. The van der Waals surface area contributed by atoms with E-state index in [2.05, 4.69) is 38.2 Å². The van der Waals surface area contributed by atoms with Crippen molar-refractivity contribution in [3.05, 3.63) is 47.0 Å². The quantitative estimate of drug-likeness (QED) is 0.615. The second kappa shape index (κ2) is 8.95. The monoisotopic (exact) mass is 400 g/mol. The molecule has 1 unspecified atom stereocenters. The second-order valence-electron chi connectivity index (χ2n) is 7.99. The highest BCUT2D eigenvalue weighted by molar-refractivity contribution is 5.50. The van der Waals surface area contributed by atoms with Crippen LogP contribution in [0.2, 0.25) is 0 Å². The van der Waals surface area contributed by atoms with Gasteiger partial charge < -0.3 is 23.4 Å². The van der Waals surface area contributed by atoms with Gasteiger partial charge in [-0.3, -0.25) is 0 Å². The van der Waals surface area contributed by atoms with Gasteiger partial charge in [0.05, 0.1) is 48.6 Å². The molecule has 0 spiro atoms. The number of hydrogen-bond donors (Lipinski definition) is 0. The normalized spacial score (nSPS) is 20.7. The molecular weight excluding hydrogens is 366 g/mol. The molecule has 0 fully saturated rings. The molecule has 5 heteroatoms. The van der Waals surface area contributed by atoms with E-state index < -0.39 is 0 Å². The lowest BCUT2D eigenvalue weighted by molar-refractivity contribution is -0.941. The lowest BCUT2D eigenvalue weighted by atomic mass is 9.86. The predicted octanol–water partition coefficient (Wildman–Crippen LogP) is 4.42. The van der Waals surface area contributed by atoms with E-state index in [0.29, 0.717) is 6.04 Å². The Balaban J connectivity index is 2.06. The maximum atomic E-state index is 5.63. The minimum Gasteiger partial charge on any atom is -0.493 e. The van der Waals surface area contributed by atoms with Crippen molar-refractivity contribution in [1.82, 2.24) is 0 Å². The number of hydrogen-bond acceptors (Lipinski definition) is 4. The van der Waals surface area contributed by atoms with Gasteiger partial charge >= 0.3 is 0 Å². The molecule has 0 saturated heterocycles. The van der Waals surface area contributed by atoms with Crippen molar-refractivity contribution in [2.75, 3.05) is 48.6 Å². The average Bonchev–Trinajstić information content (AvgIpc) is 2.74. The van der Waals surface area contributed by atoms with Gasteiger partial charge in [-0.1, -0.05) is 13.0 Å². The van der Waals surface area contributed by atoms with Gasteiger partial charge in [0, 0.05) is 18.4 Å². The molecule has 0 saturated carbocycles. The fourth-order valence-corrected chi connectivity index (χ4v) is 4.67. The summed E-state index contributed by atoms with van der Waals surface area (Å²) in [4.78, 5) is 0. The summed E-state index contributed by atoms with van der Waals surface area (Å²) in [5.41, 5.74) is 3.97. The van der Waals surface area contributed by atoms with Gasteiger partial charge in [-0.15, -0.1) is 0 Å². The van der Waals surface area contributed by atoms with Crippen molar-refractivity contribution in [1.29, 1.82) is 0 Å². The summed E-state index contributed by atoms with van der Waals surface area (Å²) in [5, 5.41) is 0. The first-order valence-electron chi connectivity index (χ1n) is 10.3. The molecule has 3 rings (SSSR count). The molecule has 0 amide bonds. The highest BCUT2D eigenvalue weighted by atomic mass is 16.5. The molecule has 0 N–H and O–H groups in total. The van der Waals surface area contributed by atoms with Gasteiger partial charge in [0.25, 0.3) is 0 Å². The summed E-state index contributed by atoms with van der Waals surface area (Å²) in [7, 11) is 9.15. The number of nitrogens with zero attached hydrogens (tertiary/aromatic N) is 1. The summed E-state index contributed by atoms with van der Waals surface area (Å²) in [6.45, 7) is 4.53. The lowest BCUT2D eigenvalue weighted by Gasteiger charge is -2.46. The number of fused-ring (bicyclic) bond motifs is 1. The van der Waals surface area contributed by atoms with Gasteiger partial charge in [-0.25, -0.2) is 0 Å². The van der Waals surface area contributed by atoms with Crippen molar-refractivity contribution >= 4 is 0 Å². The predicted molar refractivity (Wildman–Crippen MR) is 115 cm³/mol. The zero-order valence-corrected chi connectivity index (χ0v) is 18.6. The van der Waals surface area contributed by atoms with Crippen LogP contribution in [0, 0.1) is 0 Å². The zero-order chi connectivity index (χ0) is 21.0. The van der Waals surface area contributed by atoms with Crippen LogP contribution >= 0.6 is 0 Å². The Morgan fingerprint density at radius 2 is 1.48 bits per heavy atom. The first kappa shape index (κ1) is 21.3. The number of quaternary nitrogens is 1. The molecule has 2 aromatic carbocycles. The second-order valence-corrected chi connectivity index (χ2v) is 7.99. The molecule has 0 bridgehead atoms. The van der Waals surface area contributed by atoms with E-state index in [1.54, 1.807) is 28.4 Å². The molecule has 1 aliphatic rings. The summed E-state index contributed by atoms with van der Waals surface area (Å²) >= 11 is 0. The summed E-state index contributed by atoms with van der Waals surface area (Å²) < 4.78 is 23.1. The number of rotatable bonds is 8. The van der Waals surface area contributed by atoms with Gasteiger partial charge in [0.15, 0.2) is 23.0 Å². The summed E-state index contributed by atoms with van der Waals surface area (Å²) in [6, 6.07) is 10.9. The molecule has 2 aromatic rings. The van der Waals surface area contributed by atoms with Crippen LogP contribution in [0.15, 0.2) is 30.3 Å². The fraction of sp³-hybridized carbons (Fsp3) is 0.500. The molecule has 0 radical (unpaired) electrons. The van der Waals surface area contributed by atoms with Crippen LogP contribution in [0.4, 0.5) is 0 Å². The highest BCUT2D eigenvalue weighted by Gasteiger charge is 2.39. The third-order valence-corrected chi connectivity index (χ3v) is 6.26. The molecule has 0 aliphatic carbocycles. The average molecular weight is 401 g/mol. The van der Waals surface area contributed by atoms with Crippen LogP contribution in [0.5, 0.6) is 23.0 Å². The van der Waals surface area contributed by atoms with Crippen molar-refractivity contribution in [3.63, 3.8) is 0 Å². The molecule has 158 valence electrons. The minimum atomic E-state index is 0.344. The topological polar surface area (TPSA) is 36.9 Å². The van der Waals surface area contributed by atoms with Gasteiger partial charge in [-0.2, -0.15) is 0 Å². The molecule has 2 atom stereocenters. The minimum absolute atomic E-state index is 0.344. The smallest absolute Gasteiger partial charge is 0.161 e. The van der Waals surface area contributed by atoms with Crippen LogP contribution in [0.25, 0.3) is 0 Å². The third-order valence-electron chi connectivity index (χ3n) is 6.26. The first-order valence-corrected chi connectivity index (χ1v) is 10.3. The highest BCUT2D eigenvalue weighted by Crippen LogP contribution is 2.43. The Hall–Kier alpha value is -2.40. The molecular formula is C24H34NO4+. The van der Waals surface area contributed by atoms with E-state index in [4.69, 9.17) is 18.9 Å². The fourth-order valence-electron chi connectivity index (χ4n) is 4.67. The van der Waals surface area contributed by atoms with Gasteiger partial charge in [-0.05, 0) is 41.8 Å². The molecule has 0 aromatic heterocycles. The van der Waals surface area contributed by atoms with E-state index in [1.165, 1.54) is 16.7 Å². The van der Waals surface area contributed by atoms with Crippen molar-refractivity contribution in [2.45, 2.75) is 32.2 Å². The lowest BCUT2D eigenvalue weighted by Crippen LogP contribution is -2.52. The maximum absolute atomic E-state index is 5.63. The first-order chi connectivity index (χ1) is 14.0. The van der Waals surface area contributed by atoms with Crippen LogP contribution in [0.3, 0.4) is 0 Å². The molecule has 1 aliphatic heterocycles. The van der Waals surface area contributed by atoms with Crippen LogP contribution in [-0.4, -0.2) is 53.1 Å². The molecule has 1 heterocycles. The number of benzene rings is 2. The molecule has 29 heavy (non-hydrogen) atoms. The van der Waals surface area contributed by atoms with Crippen molar-refractivity contribution in [2.24, 2.45) is 0 Å². The summed E-state index contributed by atoms with van der Waals surface area (Å²) in [5.74, 6) is 3.15. The SMILES string of the molecule is CCC[N+]1(C)CCc2cc(OC)c(OC)cc2[C@@H]1Cc1ccc(OC)c(OC)c1. The largest absolute Gasteiger partial charge is 0.493 e. The van der Waals surface area contributed by atoms with Gasteiger partial charge in [0.2, 0.25) is 0 Å². The Labute approximate surface area is 174 Å². The number of methoxy groups -OCH3 is 4. The Bertz CT molecular complexity index is 851. The Morgan fingerprint density at radius 1 is 0.862 bits per heavy atom. The van der Waals surface area contributed by atoms with Gasteiger partial charge in [0.1, 0.15) is 6.04 Å². The van der Waals surface area contributed by atoms with E-state index in [-0.39, 0.29) is 0 Å². The van der Waals surface area contributed by atoms with Crippen LogP contribution < -0.4 is 18.9 Å². The van der Waals surface area contributed by atoms with Crippen molar-refractivity contribution in [3.8, 4) is 23.0 Å². The van der Waals surface area contributed by atoms with Crippen LogP contribution in [0.1, 0.15) is 36.1 Å². The van der Waals surface area contributed by atoms with E-state index in [9.17, 15) is 0 Å². The summed E-state index contributed by atoms with van der Waals surface area (Å²) in [6.07, 6.45) is 3.13. The van der Waals surface area contributed by atoms with E-state index >= 15 is 0 Å². The standard InChI is InChI=1S/C24H34NO4/c1-7-11-25(2)12-10-18-15-23(28-5)24(29-6)16-19(18)20(25)13-17-8-9-21(26-3)22(14-17)27-4/h8-9,14-16,20H,7,10-13H2,1-6H3/q+1/t20-,25?/m0/s1. The van der Waals surface area contributed by atoms with E-state index in [1.807, 2.05) is 6.07 Å². The molecule has 5 nitrogen and oxygen atoms in total. The Kier molecular flexibility index (Phi) is 6.58. The number of ether oxygens (including phenoxy) is 4.